The zero-order valence-corrected chi connectivity index (χ0v) is 11.5. The Morgan fingerprint density at radius 2 is 1.76 bits per heavy atom. The van der Waals surface area contributed by atoms with Gasteiger partial charge in [0.1, 0.15) is 5.75 Å². The highest BCUT2D eigenvalue weighted by atomic mass is 16.7. The van der Waals surface area contributed by atoms with Gasteiger partial charge in [0.15, 0.2) is 6.79 Å². The number of hydrogen-bond acceptors (Lipinski definition) is 3. The molecule has 0 saturated carbocycles. The van der Waals surface area contributed by atoms with Gasteiger partial charge in [0.25, 0.3) is 0 Å². The molecule has 0 fully saturated rings. The normalized spacial score (nSPS) is 10.9. The van der Waals surface area contributed by atoms with Crippen molar-refractivity contribution >= 4 is 0 Å². The molecule has 0 saturated heterocycles. The minimum Gasteiger partial charge on any atom is -0.467 e. The molecule has 0 radical (unpaired) electrons. The Balaban J connectivity index is 2.78. The Labute approximate surface area is 104 Å². The lowest BCUT2D eigenvalue weighted by Crippen LogP contribution is -2.21. The molecule has 0 heterocycles. The first kappa shape index (κ1) is 14.0. The van der Waals surface area contributed by atoms with Crippen LogP contribution in [-0.2, 0) is 11.3 Å². The van der Waals surface area contributed by atoms with Crippen LogP contribution in [0.25, 0.3) is 0 Å². The van der Waals surface area contributed by atoms with Crippen molar-refractivity contribution in [2.45, 2.75) is 40.3 Å². The summed E-state index contributed by atoms with van der Waals surface area (Å²) in [5.74, 6) is 0.931. The highest BCUT2D eigenvalue weighted by molar-refractivity contribution is 5.43. The lowest BCUT2D eigenvalue weighted by molar-refractivity contribution is 0.0501. The van der Waals surface area contributed by atoms with E-state index in [9.17, 15) is 0 Å². The first-order valence-electron chi connectivity index (χ1n) is 5.99. The van der Waals surface area contributed by atoms with E-state index in [4.69, 9.17) is 9.47 Å². The lowest BCUT2D eigenvalue weighted by Gasteiger charge is -2.14. The second kappa shape index (κ2) is 6.62. The molecule has 0 spiro atoms. The van der Waals surface area contributed by atoms with Gasteiger partial charge in [-0.05, 0) is 30.5 Å². The highest BCUT2D eigenvalue weighted by Crippen LogP contribution is 2.24. The van der Waals surface area contributed by atoms with Gasteiger partial charge in [0.2, 0.25) is 0 Å². The lowest BCUT2D eigenvalue weighted by atomic mass is 10.1. The van der Waals surface area contributed by atoms with Crippen LogP contribution >= 0.6 is 0 Å². The molecule has 3 nitrogen and oxygen atoms in total. The van der Waals surface area contributed by atoms with E-state index in [-0.39, 0.29) is 0 Å². The fourth-order valence-electron chi connectivity index (χ4n) is 1.81. The van der Waals surface area contributed by atoms with Crippen molar-refractivity contribution in [2.75, 3.05) is 13.9 Å². The van der Waals surface area contributed by atoms with Crippen molar-refractivity contribution < 1.29 is 9.47 Å². The third-order valence-corrected chi connectivity index (χ3v) is 2.56. The van der Waals surface area contributed by atoms with Gasteiger partial charge in [0.05, 0.1) is 0 Å². The highest BCUT2D eigenvalue weighted by Gasteiger charge is 2.06. The van der Waals surface area contributed by atoms with Crippen LogP contribution in [0.2, 0.25) is 0 Å². The first-order valence-corrected chi connectivity index (χ1v) is 5.99. The summed E-state index contributed by atoms with van der Waals surface area (Å²) in [7, 11) is 1.63. The molecule has 0 aliphatic carbocycles. The van der Waals surface area contributed by atoms with E-state index >= 15 is 0 Å². The van der Waals surface area contributed by atoms with Crippen molar-refractivity contribution in [3.63, 3.8) is 0 Å². The summed E-state index contributed by atoms with van der Waals surface area (Å²) < 4.78 is 10.5. The van der Waals surface area contributed by atoms with Gasteiger partial charge in [-0.25, -0.2) is 0 Å². The number of nitrogens with one attached hydrogen (secondary N) is 1. The van der Waals surface area contributed by atoms with Crippen LogP contribution in [0.15, 0.2) is 12.1 Å². The zero-order chi connectivity index (χ0) is 12.8. The number of ether oxygens (including phenoxy) is 2. The van der Waals surface area contributed by atoms with Crippen molar-refractivity contribution in [3.05, 3.63) is 28.8 Å². The zero-order valence-electron chi connectivity index (χ0n) is 11.5. The molecular formula is C14H23NO2. The second-order valence-corrected chi connectivity index (χ2v) is 4.65. The quantitative estimate of drug-likeness (QED) is 0.772. The maximum absolute atomic E-state index is 5.55. The number of hydrogen-bond donors (Lipinski definition) is 1. The van der Waals surface area contributed by atoms with Crippen LogP contribution in [0.4, 0.5) is 0 Å². The number of rotatable bonds is 6. The number of benzene rings is 1. The molecule has 96 valence electrons. The van der Waals surface area contributed by atoms with Crippen LogP contribution < -0.4 is 10.1 Å². The summed E-state index contributed by atoms with van der Waals surface area (Å²) in [6, 6.07) is 4.82. The van der Waals surface area contributed by atoms with Crippen molar-refractivity contribution in [3.8, 4) is 5.75 Å². The van der Waals surface area contributed by atoms with E-state index in [0.29, 0.717) is 12.8 Å². The molecule has 0 bridgehead atoms. The van der Waals surface area contributed by atoms with Gasteiger partial charge in [0, 0.05) is 19.7 Å². The molecule has 0 unspecified atom stereocenters. The molecule has 17 heavy (non-hydrogen) atoms. The summed E-state index contributed by atoms with van der Waals surface area (Å²) >= 11 is 0. The molecule has 0 atom stereocenters. The average Bonchev–Trinajstić information content (AvgIpc) is 2.25. The van der Waals surface area contributed by atoms with E-state index in [2.05, 4.69) is 45.1 Å². The number of methoxy groups -OCH3 is 1. The van der Waals surface area contributed by atoms with Gasteiger partial charge < -0.3 is 14.8 Å². The van der Waals surface area contributed by atoms with Crippen LogP contribution in [0.3, 0.4) is 0 Å². The third-order valence-electron chi connectivity index (χ3n) is 2.56. The molecule has 1 N–H and O–H groups in total. The summed E-state index contributed by atoms with van der Waals surface area (Å²) in [6.07, 6.45) is 0. The largest absolute Gasteiger partial charge is 0.467 e. The van der Waals surface area contributed by atoms with Crippen LogP contribution in [0.5, 0.6) is 5.75 Å². The van der Waals surface area contributed by atoms with Gasteiger partial charge in [-0.2, -0.15) is 0 Å². The van der Waals surface area contributed by atoms with E-state index < -0.39 is 0 Å². The fraction of sp³-hybridized carbons (Fsp3) is 0.571. The molecule has 1 aromatic rings. The fourth-order valence-corrected chi connectivity index (χ4v) is 1.81. The summed E-state index contributed by atoms with van der Waals surface area (Å²) in [4.78, 5) is 0. The Bertz CT molecular complexity index is 338. The molecule has 1 rings (SSSR count). The van der Waals surface area contributed by atoms with Crippen LogP contribution in [-0.4, -0.2) is 19.9 Å². The minimum atomic E-state index is 0.297. The summed E-state index contributed by atoms with van der Waals surface area (Å²) in [5.41, 5.74) is 3.60. The standard InChI is InChI=1S/C14H23NO2/c1-10(2)15-8-13-6-11(3)14(12(4)7-13)17-9-16-5/h6-7,10,15H,8-9H2,1-5H3. The molecule has 0 aliphatic heterocycles. The monoisotopic (exact) mass is 237 g/mol. The maximum Gasteiger partial charge on any atom is 0.188 e. The molecule has 0 aromatic heterocycles. The Morgan fingerprint density at radius 1 is 1.18 bits per heavy atom. The summed E-state index contributed by atoms with van der Waals surface area (Å²) in [6.45, 7) is 9.62. The van der Waals surface area contributed by atoms with Crippen molar-refractivity contribution in [1.82, 2.24) is 5.32 Å². The Kier molecular flexibility index (Phi) is 5.45. The molecular weight excluding hydrogens is 214 g/mol. The predicted octanol–water partition coefficient (Wildman–Crippen LogP) is 2.78. The number of aryl methyl sites for hydroxylation is 2. The molecule has 0 amide bonds. The topological polar surface area (TPSA) is 30.5 Å². The minimum absolute atomic E-state index is 0.297. The average molecular weight is 237 g/mol. The van der Waals surface area contributed by atoms with Crippen LogP contribution in [0, 0.1) is 13.8 Å². The van der Waals surface area contributed by atoms with Crippen LogP contribution in [0.1, 0.15) is 30.5 Å². The van der Waals surface area contributed by atoms with E-state index in [1.165, 1.54) is 5.56 Å². The Morgan fingerprint density at radius 3 is 2.24 bits per heavy atom. The summed E-state index contributed by atoms with van der Waals surface area (Å²) in [5, 5.41) is 3.41. The first-order chi connectivity index (χ1) is 8.04. The van der Waals surface area contributed by atoms with Gasteiger partial charge in [-0.3, -0.25) is 0 Å². The smallest absolute Gasteiger partial charge is 0.188 e. The van der Waals surface area contributed by atoms with Gasteiger partial charge in [-0.15, -0.1) is 0 Å². The Hall–Kier alpha value is -1.06. The maximum atomic E-state index is 5.55. The van der Waals surface area contributed by atoms with Crippen molar-refractivity contribution in [1.29, 1.82) is 0 Å². The molecule has 3 heteroatoms. The van der Waals surface area contributed by atoms with Gasteiger partial charge in [-0.1, -0.05) is 26.0 Å². The third kappa shape index (κ3) is 4.36. The van der Waals surface area contributed by atoms with Gasteiger partial charge >= 0.3 is 0 Å². The molecule has 1 aromatic carbocycles. The SMILES string of the molecule is COCOc1c(C)cc(CNC(C)C)cc1C. The van der Waals surface area contributed by atoms with E-state index in [1.54, 1.807) is 7.11 Å². The molecule has 0 aliphatic rings. The second-order valence-electron chi connectivity index (χ2n) is 4.65. The predicted molar refractivity (Wildman–Crippen MR) is 70.4 cm³/mol. The van der Waals surface area contributed by atoms with E-state index in [0.717, 1.165) is 23.4 Å². The van der Waals surface area contributed by atoms with E-state index in [1.807, 2.05) is 0 Å². The van der Waals surface area contributed by atoms with Crippen molar-refractivity contribution in [2.24, 2.45) is 0 Å².